The van der Waals surface area contributed by atoms with E-state index in [9.17, 15) is 12.8 Å². The molecule has 3 rings (SSSR count). The van der Waals surface area contributed by atoms with Crippen LogP contribution in [0.25, 0.3) is 5.69 Å². The minimum atomic E-state index is -3.72. The molecule has 1 heterocycles. The molecule has 0 saturated carbocycles. The number of halogens is 1. The quantitative estimate of drug-likeness (QED) is 0.679. The Kier molecular flexibility index (Phi) is 4.96. The van der Waals surface area contributed by atoms with Crippen LogP contribution in [0.2, 0.25) is 0 Å². The van der Waals surface area contributed by atoms with Crippen LogP contribution in [0.15, 0.2) is 71.9 Å². The maximum Gasteiger partial charge on any atom is 0.246 e. The molecule has 0 fully saturated rings. The van der Waals surface area contributed by atoms with Crippen LogP contribution >= 0.6 is 0 Å². The van der Waals surface area contributed by atoms with E-state index >= 15 is 0 Å². The van der Waals surface area contributed by atoms with E-state index in [-0.39, 0.29) is 23.8 Å². The molecule has 5 nitrogen and oxygen atoms in total. The molecule has 0 amide bonds. The van der Waals surface area contributed by atoms with Gasteiger partial charge in [-0.25, -0.2) is 17.5 Å². The van der Waals surface area contributed by atoms with Crippen molar-refractivity contribution >= 4 is 10.0 Å². The van der Waals surface area contributed by atoms with Crippen molar-refractivity contribution in [3.63, 3.8) is 0 Å². The summed E-state index contributed by atoms with van der Waals surface area (Å²) in [6.07, 6.45) is 2.81. The van der Waals surface area contributed by atoms with Gasteiger partial charge in [0.1, 0.15) is 10.7 Å². The highest BCUT2D eigenvalue weighted by Gasteiger charge is 2.25. The van der Waals surface area contributed by atoms with Crippen molar-refractivity contribution in [2.24, 2.45) is 0 Å². The molecule has 130 valence electrons. The molecule has 3 aromatic rings. The van der Waals surface area contributed by atoms with E-state index in [2.05, 4.69) is 5.10 Å². The van der Waals surface area contributed by atoms with Crippen molar-refractivity contribution in [2.75, 3.05) is 6.54 Å². The summed E-state index contributed by atoms with van der Waals surface area (Å²) >= 11 is 0. The molecule has 0 unspecified atom stereocenters. The second-order valence-corrected chi connectivity index (χ2v) is 7.46. The first kappa shape index (κ1) is 17.3. The van der Waals surface area contributed by atoms with Crippen LogP contribution in [0, 0.1) is 5.82 Å². The molecule has 0 N–H and O–H groups in total. The largest absolute Gasteiger partial charge is 0.246 e. The van der Waals surface area contributed by atoms with E-state index in [0.29, 0.717) is 5.56 Å². The van der Waals surface area contributed by atoms with Gasteiger partial charge in [-0.05, 0) is 29.8 Å². The van der Waals surface area contributed by atoms with Crippen LogP contribution in [0.5, 0.6) is 0 Å². The van der Waals surface area contributed by atoms with E-state index < -0.39 is 10.0 Å². The van der Waals surface area contributed by atoms with Crippen molar-refractivity contribution in [3.05, 3.63) is 78.4 Å². The van der Waals surface area contributed by atoms with Gasteiger partial charge >= 0.3 is 0 Å². The zero-order chi connectivity index (χ0) is 17.9. The average molecular weight is 359 g/mol. The van der Waals surface area contributed by atoms with Crippen molar-refractivity contribution in [1.82, 2.24) is 14.1 Å². The fraction of sp³-hybridized carbons (Fsp3) is 0.167. The average Bonchev–Trinajstić information content (AvgIpc) is 3.11. The molecule has 2 aromatic carbocycles. The Morgan fingerprint density at radius 2 is 1.88 bits per heavy atom. The van der Waals surface area contributed by atoms with E-state index in [1.54, 1.807) is 19.1 Å². The molecule has 0 bridgehead atoms. The van der Waals surface area contributed by atoms with Crippen molar-refractivity contribution in [2.45, 2.75) is 18.4 Å². The fourth-order valence-corrected chi connectivity index (χ4v) is 3.89. The van der Waals surface area contributed by atoms with E-state index in [0.717, 1.165) is 5.69 Å². The van der Waals surface area contributed by atoms with Gasteiger partial charge in [-0.15, -0.1) is 0 Å². The molecule has 0 spiro atoms. The number of sulfonamides is 1. The third-order valence-corrected chi connectivity index (χ3v) is 5.69. The molecule has 0 radical (unpaired) electrons. The lowest BCUT2D eigenvalue weighted by molar-refractivity contribution is 0.422. The number of hydrogen-bond donors (Lipinski definition) is 0. The summed E-state index contributed by atoms with van der Waals surface area (Å²) in [6, 6.07) is 15.2. The van der Waals surface area contributed by atoms with Gasteiger partial charge < -0.3 is 0 Å². The molecular formula is C18H18FN3O2S. The first-order valence-electron chi connectivity index (χ1n) is 7.85. The van der Waals surface area contributed by atoms with Crippen LogP contribution in [0.4, 0.5) is 4.39 Å². The molecule has 0 atom stereocenters. The predicted molar refractivity (Wildman–Crippen MR) is 93.2 cm³/mol. The molecular weight excluding hydrogens is 341 g/mol. The number of benzene rings is 2. The smallest absolute Gasteiger partial charge is 0.240 e. The lowest BCUT2D eigenvalue weighted by atomic mass is 10.2. The Bertz CT molecular complexity index is 955. The molecule has 0 aliphatic rings. The van der Waals surface area contributed by atoms with Gasteiger partial charge in [0.2, 0.25) is 10.0 Å². The number of nitrogens with zero attached hydrogens (tertiary/aromatic N) is 3. The lowest BCUT2D eigenvalue weighted by Crippen LogP contribution is -2.30. The number of aromatic nitrogens is 2. The summed E-state index contributed by atoms with van der Waals surface area (Å²) in [6.45, 7) is 2.13. The molecule has 7 heteroatoms. The summed E-state index contributed by atoms with van der Waals surface area (Å²) in [5.41, 5.74) is 1.37. The van der Waals surface area contributed by atoms with Crippen LogP contribution in [0.1, 0.15) is 12.5 Å². The second kappa shape index (κ2) is 7.16. The van der Waals surface area contributed by atoms with E-state index in [4.69, 9.17) is 0 Å². The minimum absolute atomic E-state index is 0.104. The van der Waals surface area contributed by atoms with Gasteiger partial charge in [0.25, 0.3) is 0 Å². The zero-order valence-electron chi connectivity index (χ0n) is 13.7. The van der Waals surface area contributed by atoms with Crippen LogP contribution < -0.4 is 0 Å². The van der Waals surface area contributed by atoms with Gasteiger partial charge in [-0.1, -0.05) is 37.3 Å². The lowest BCUT2D eigenvalue weighted by Gasteiger charge is -2.19. The Morgan fingerprint density at radius 3 is 2.56 bits per heavy atom. The first-order valence-corrected chi connectivity index (χ1v) is 9.29. The highest BCUT2D eigenvalue weighted by atomic mass is 32.2. The Morgan fingerprint density at radius 1 is 1.12 bits per heavy atom. The van der Waals surface area contributed by atoms with Crippen LogP contribution in [-0.2, 0) is 16.6 Å². The zero-order valence-corrected chi connectivity index (χ0v) is 14.5. The normalized spacial score (nSPS) is 11.8. The highest BCUT2D eigenvalue weighted by molar-refractivity contribution is 7.89. The van der Waals surface area contributed by atoms with Gasteiger partial charge in [-0.3, -0.25) is 0 Å². The monoisotopic (exact) mass is 359 g/mol. The third-order valence-electron chi connectivity index (χ3n) is 3.82. The molecule has 0 aliphatic carbocycles. The standard InChI is InChI=1S/C18H18FN3O2S/c1-2-21(13-15-7-6-8-16(19)11-15)25(23,24)18-12-20-22(14-18)17-9-4-3-5-10-17/h3-12,14H,2,13H2,1H3. The van der Waals surface area contributed by atoms with Gasteiger partial charge in [0.15, 0.2) is 0 Å². The van der Waals surface area contributed by atoms with Crippen LogP contribution in [-0.4, -0.2) is 29.0 Å². The Labute approximate surface area is 146 Å². The number of hydrogen-bond acceptors (Lipinski definition) is 3. The molecule has 0 saturated heterocycles. The van der Waals surface area contributed by atoms with Gasteiger partial charge in [0.05, 0.1) is 18.1 Å². The van der Waals surface area contributed by atoms with E-state index in [1.165, 1.54) is 33.5 Å². The first-order chi connectivity index (χ1) is 12.0. The fourth-order valence-electron chi connectivity index (χ4n) is 2.52. The van der Waals surface area contributed by atoms with Crippen molar-refractivity contribution in [1.29, 1.82) is 0 Å². The summed E-state index contributed by atoms with van der Waals surface area (Å²) in [5.74, 6) is -0.386. The predicted octanol–water partition coefficient (Wildman–Crippen LogP) is 3.22. The summed E-state index contributed by atoms with van der Waals surface area (Å²) in [7, 11) is -3.72. The van der Waals surface area contributed by atoms with Gasteiger partial charge in [-0.2, -0.15) is 9.40 Å². The van der Waals surface area contributed by atoms with Crippen LogP contribution in [0.3, 0.4) is 0 Å². The van der Waals surface area contributed by atoms with Gasteiger partial charge in [0, 0.05) is 13.1 Å². The molecule has 0 aliphatic heterocycles. The topological polar surface area (TPSA) is 55.2 Å². The SMILES string of the molecule is CCN(Cc1cccc(F)c1)S(=O)(=O)c1cnn(-c2ccccc2)c1. The molecule has 25 heavy (non-hydrogen) atoms. The minimum Gasteiger partial charge on any atom is -0.240 e. The maximum atomic E-state index is 13.4. The Hall–Kier alpha value is -2.51. The Balaban J connectivity index is 1.88. The van der Waals surface area contributed by atoms with Crippen molar-refractivity contribution in [3.8, 4) is 5.69 Å². The number of para-hydroxylation sites is 1. The third kappa shape index (κ3) is 3.78. The molecule has 1 aromatic heterocycles. The van der Waals surface area contributed by atoms with Crippen molar-refractivity contribution < 1.29 is 12.8 Å². The summed E-state index contributed by atoms with van der Waals surface area (Å²) in [4.78, 5) is 0.106. The summed E-state index contributed by atoms with van der Waals surface area (Å²) in [5, 5.41) is 4.14. The highest BCUT2D eigenvalue weighted by Crippen LogP contribution is 2.19. The second-order valence-electron chi connectivity index (χ2n) is 5.52. The van der Waals surface area contributed by atoms with E-state index in [1.807, 2.05) is 30.3 Å². The number of rotatable bonds is 6. The summed E-state index contributed by atoms with van der Waals surface area (Å²) < 4.78 is 41.9. The maximum absolute atomic E-state index is 13.4.